The van der Waals surface area contributed by atoms with E-state index in [0.717, 1.165) is 32.0 Å². The largest absolute Gasteiger partial charge is 0.355 e. The molecular formula is C42H82N4O4. The minimum absolute atomic E-state index is 0.0984. The molecule has 0 saturated carbocycles. The Hall–Kier alpha value is -1.96. The minimum Gasteiger partial charge on any atom is -0.355 e. The summed E-state index contributed by atoms with van der Waals surface area (Å²) in [5.74, 6) is 0.0665. The van der Waals surface area contributed by atoms with Crippen molar-refractivity contribution in [3.63, 3.8) is 0 Å². The van der Waals surface area contributed by atoms with Crippen LogP contribution in [0.2, 0.25) is 0 Å². The van der Waals surface area contributed by atoms with Gasteiger partial charge in [0.15, 0.2) is 0 Å². The Morgan fingerprint density at radius 2 is 0.660 bits per heavy atom. The van der Waals surface area contributed by atoms with E-state index in [9.17, 15) is 19.2 Å². The summed E-state index contributed by atoms with van der Waals surface area (Å²) in [6.45, 7) is 8.02. The van der Waals surface area contributed by atoms with Crippen LogP contribution in [0.3, 0.4) is 0 Å². The molecule has 3 N–H and O–H groups in total. The molecule has 0 rings (SSSR count). The number of carbonyl (C=O) groups excluding carboxylic acids is 4. The summed E-state index contributed by atoms with van der Waals surface area (Å²) in [5.41, 5.74) is 0. The van der Waals surface area contributed by atoms with Crippen LogP contribution < -0.4 is 16.0 Å². The lowest BCUT2D eigenvalue weighted by molar-refractivity contribution is -0.122. The average Bonchev–Trinajstić information content (AvgIpc) is 3.11. The zero-order valence-electron chi connectivity index (χ0n) is 33.1. The molecule has 0 aromatic heterocycles. The van der Waals surface area contributed by atoms with Gasteiger partial charge < -0.3 is 20.7 Å². The number of hydrogen-bond donors (Lipinski definition) is 3. The summed E-state index contributed by atoms with van der Waals surface area (Å²) in [7, 11) is 0. The number of rotatable bonds is 40. The molecule has 0 fully saturated rings. The Bertz CT molecular complexity index is 731. The van der Waals surface area contributed by atoms with Gasteiger partial charge in [-0.1, -0.05) is 168 Å². The monoisotopic (exact) mass is 707 g/mol. The number of nitrogens with zero attached hydrogens (tertiary/aromatic N) is 1. The molecule has 0 aliphatic heterocycles. The molecule has 0 radical (unpaired) electrons. The Balaban J connectivity index is 4.05. The Morgan fingerprint density at radius 1 is 0.400 bits per heavy atom. The van der Waals surface area contributed by atoms with Gasteiger partial charge in [0.25, 0.3) is 0 Å². The fraction of sp³-hybridized carbons (Fsp3) is 0.905. The third-order valence-electron chi connectivity index (χ3n) is 9.75. The molecule has 0 bridgehead atoms. The topological polar surface area (TPSA) is 108 Å². The molecule has 50 heavy (non-hydrogen) atoms. The van der Waals surface area contributed by atoms with Crippen LogP contribution in [0.15, 0.2) is 0 Å². The second-order valence-corrected chi connectivity index (χ2v) is 14.6. The van der Waals surface area contributed by atoms with Crippen molar-refractivity contribution >= 4 is 24.0 Å². The van der Waals surface area contributed by atoms with E-state index in [1.807, 2.05) is 0 Å². The number of unbranched alkanes of at least 4 members (excludes halogenated alkanes) is 24. The fourth-order valence-electron chi connectivity index (χ4n) is 6.46. The Labute approximate surface area is 309 Å². The van der Waals surface area contributed by atoms with Crippen molar-refractivity contribution in [1.82, 2.24) is 20.9 Å². The highest BCUT2D eigenvalue weighted by Crippen LogP contribution is 2.14. The van der Waals surface area contributed by atoms with Crippen LogP contribution in [0.4, 0.5) is 0 Å². The van der Waals surface area contributed by atoms with Gasteiger partial charge in [-0.25, -0.2) is 0 Å². The van der Waals surface area contributed by atoms with E-state index in [4.69, 9.17) is 0 Å². The van der Waals surface area contributed by atoms with Gasteiger partial charge in [0.05, 0.1) is 0 Å². The highest BCUT2D eigenvalue weighted by molar-refractivity contribution is 5.78. The molecule has 0 spiro atoms. The second-order valence-electron chi connectivity index (χ2n) is 14.6. The van der Waals surface area contributed by atoms with Crippen molar-refractivity contribution in [3.8, 4) is 0 Å². The zero-order valence-corrected chi connectivity index (χ0v) is 33.1. The number of hydrogen-bond acceptors (Lipinski definition) is 5. The summed E-state index contributed by atoms with van der Waals surface area (Å²) in [4.78, 5) is 49.5. The molecular weight excluding hydrogens is 624 g/mol. The first-order valence-corrected chi connectivity index (χ1v) is 21.5. The minimum atomic E-state index is -0.130. The molecule has 0 aliphatic carbocycles. The molecule has 0 aromatic carbocycles. The number of carbonyl (C=O) groups is 4. The van der Waals surface area contributed by atoms with E-state index in [2.05, 4.69) is 34.7 Å². The quantitative estimate of drug-likeness (QED) is 0.0435. The summed E-state index contributed by atoms with van der Waals surface area (Å²) in [6.07, 6.45) is 35.9. The first-order chi connectivity index (χ1) is 24.5. The van der Waals surface area contributed by atoms with E-state index in [0.29, 0.717) is 52.1 Å². The third-order valence-corrected chi connectivity index (χ3v) is 9.75. The molecule has 8 nitrogen and oxygen atoms in total. The summed E-state index contributed by atoms with van der Waals surface area (Å²) in [6, 6.07) is 0. The maximum Gasteiger partial charge on any atom is 0.220 e. The summed E-state index contributed by atoms with van der Waals surface area (Å²) >= 11 is 0. The number of aldehydes is 1. The maximum absolute atomic E-state index is 12.4. The lowest BCUT2D eigenvalue weighted by Gasteiger charge is -2.23. The van der Waals surface area contributed by atoms with Crippen LogP contribution in [-0.2, 0) is 19.2 Å². The van der Waals surface area contributed by atoms with Gasteiger partial charge in [0.2, 0.25) is 17.7 Å². The predicted molar refractivity (Wildman–Crippen MR) is 211 cm³/mol. The molecule has 0 aliphatic rings. The summed E-state index contributed by atoms with van der Waals surface area (Å²) < 4.78 is 0. The van der Waals surface area contributed by atoms with Crippen LogP contribution in [0.1, 0.15) is 206 Å². The second kappa shape index (κ2) is 39.8. The van der Waals surface area contributed by atoms with Crippen molar-refractivity contribution in [2.24, 2.45) is 0 Å². The SMILES string of the molecule is CCCCCCCCCCCCCCCC(=O)NCCN(CCNC(=O)CCC=O)CCNC(=O)CCCCCCCCCCCCCCC. The molecule has 0 atom stereocenters. The van der Waals surface area contributed by atoms with E-state index >= 15 is 0 Å². The number of amides is 3. The van der Waals surface area contributed by atoms with Gasteiger partial charge in [0.1, 0.15) is 6.29 Å². The lowest BCUT2D eigenvalue weighted by atomic mass is 10.0. The van der Waals surface area contributed by atoms with Crippen LogP contribution in [-0.4, -0.2) is 68.2 Å². The van der Waals surface area contributed by atoms with E-state index < -0.39 is 0 Å². The zero-order chi connectivity index (χ0) is 36.6. The van der Waals surface area contributed by atoms with Crippen molar-refractivity contribution < 1.29 is 19.2 Å². The van der Waals surface area contributed by atoms with Gasteiger partial charge in [-0.2, -0.15) is 0 Å². The van der Waals surface area contributed by atoms with Crippen LogP contribution in [0.25, 0.3) is 0 Å². The third kappa shape index (κ3) is 37.3. The molecule has 3 amide bonds. The van der Waals surface area contributed by atoms with Crippen molar-refractivity contribution in [2.75, 3.05) is 39.3 Å². The van der Waals surface area contributed by atoms with Gasteiger partial charge >= 0.3 is 0 Å². The van der Waals surface area contributed by atoms with E-state index in [-0.39, 0.29) is 30.6 Å². The maximum atomic E-state index is 12.4. The Morgan fingerprint density at radius 3 is 0.940 bits per heavy atom. The standard InChI is InChI=1S/C42H82N4O4/c1-3-5-7-9-11-13-15-17-19-21-23-25-27-30-40(48)43-33-36-46(38-35-45-42(50)32-29-39-47)37-34-44-41(49)31-28-26-24-22-20-18-16-14-12-10-8-6-4-2/h39H,3-38H2,1-2H3,(H,43,48)(H,44,49)(H,45,50). The molecule has 8 heteroatoms. The van der Waals surface area contributed by atoms with Crippen LogP contribution >= 0.6 is 0 Å². The van der Waals surface area contributed by atoms with Crippen LogP contribution in [0.5, 0.6) is 0 Å². The molecule has 0 unspecified atom stereocenters. The van der Waals surface area contributed by atoms with Gasteiger partial charge in [-0.05, 0) is 12.8 Å². The molecule has 0 saturated heterocycles. The van der Waals surface area contributed by atoms with E-state index in [1.165, 1.54) is 141 Å². The average molecular weight is 707 g/mol. The predicted octanol–water partition coefficient (Wildman–Crippen LogP) is 9.58. The van der Waals surface area contributed by atoms with E-state index in [1.54, 1.807) is 0 Å². The first-order valence-electron chi connectivity index (χ1n) is 21.5. The molecule has 0 heterocycles. The van der Waals surface area contributed by atoms with Crippen LogP contribution in [0, 0.1) is 0 Å². The van der Waals surface area contributed by atoms with Crippen molar-refractivity contribution in [3.05, 3.63) is 0 Å². The molecule has 0 aromatic rings. The smallest absolute Gasteiger partial charge is 0.220 e. The van der Waals surface area contributed by atoms with Gasteiger partial charge in [-0.15, -0.1) is 0 Å². The molecule has 294 valence electrons. The normalized spacial score (nSPS) is 11.2. The number of nitrogens with one attached hydrogen (secondary N) is 3. The highest BCUT2D eigenvalue weighted by atomic mass is 16.2. The highest BCUT2D eigenvalue weighted by Gasteiger charge is 2.09. The van der Waals surface area contributed by atoms with Gasteiger partial charge in [0, 0.05) is 65.0 Å². The fourth-order valence-corrected chi connectivity index (χ4v) is 6.46. The summed E-state index contributed by atoms with van der Waals surface area (Å²) in [5, 5.41) is 8.98. The Kier molecular flexibility index (Phi) is 38.3. The van der Waals surface area contributed by atoms with Crippen molar-refractivity contribution in [1.29, 1.82) is 0 Å². The lowest BCUT2D eigenvalue weighted by Crippen LogP contribution is -2.43. The van der Waals surface area contributed by atoms with Gasteiger partial charge in [-0.3, -0.25) is 19.3 Å². The van der Waals surface area contributed by atoms with Crippen molar-refractivity contribution in [2.45, 2.75) is 206 Å². The first kappa shape index (κ1) is 48.0.